The van der Waals surface area contributed by atoms with E-state index in [1.165, 1.54) is 10.5 Å². The molecule has 0 aromatic heterocycles. The predicted octanol–water partition coefficient (Wildman–Crippen LogP) is 3.43. The summed E-state index contributed by atoms with van der Waals surface area (Å²) in [4.78, 5) is 11.1. The molecule has 2 aliphatic rings. The molecule has 0 amide bonds. The van der Waals surface area contributed by atoms with Crippen LogP contribution in [0.1, 0.15) is 12.5 Å². The third-order valence-corrected chi connectivity index (χ3v) is 5.82. The quantitative estimate of drug-likeness (QED) is 0.570. The molecule has 6 heteroatoms. The molecule has 1 saturated heterocycles. The van der Waals surface area contributed by atoms with Crippen LogP contribution in [-0.4, -0.2) is 79.0 Å². The Balaban J connectivity index is 0.000000687. The van der Waals surface area contributed by atoms with Crippen LogP contribution in [0.25, 0.3) is 0 Å². The number of amidine groups is 1. The molecule has 1 aromatic rings. The molecular formula is C23H33N3O2S. The third kappa shape index (κ3) is 7.48. The summed E-state index contributed by atoms with van der Waals surface area (Å²) in [5.74, 6) is 2.05. The zero-order chi connectivity index (χ0) is 20.9. The summed E-state index contributed by atoms with van der Waals surface area (Å²) in [7, 11) is 0. The minimum Gasteiger partial charge on any atom is -0.394 e. The normalized spacial score (nSPS) is 18.2. The number of piperazine rings is 1. The summed E-state index contributed by atoms with van der Waals surface area (Å²) in [6.45, 7) is 14.9. The van der Waals surface area contributed by atoms with Crippen LogP contribution in [0.3, 0.4) is 0 Å². The molecule has 1 N–H and O–H groups in total. The molecule has 2 aliphatic heterocycles. The van der Waals surface area contributed by atoms with Crippen molar-refractivity contribution in [1.29, 1.82) is 0 Å². The first-order valence-corrected chi connectivity index (χ1v) is 11.1. The lowest BCUT2D eigenvalue weighted by Gasteiger charge is -2.36. The molecule has 1 aromatic carbocycles. The Kier molecular flexibility index (Phi) is 10.8. The van der Waals surface area contributed by atoms with Crippen molar-refractivity contribution in [2.75, 3.05) is 58.3 Å². The van der Waals surface area contributed by atoms with E-state index in [1.807, 2.05) is 11.8 Å². The highest BCUT2D eigenvalue weighted by molar-refractivity contribution is 7.99. The van der Waals surface area contributed by atoms with Crippen molar-refractivity contribution in [1.82, 2.24) is 9.80 Å². The summed E-state index contributed by atoms with van der Waals surface area (Å²) in [6, 6.07) is 8.59. The number of ether oxygens (including phenoxy) is 1. The largest absolute Gasteiger partial charge is 0.394 e. The molecule has 0 bridgehead atoms. The van der Waals surface area contributed by atoms with Gasteiger partial charge in [0.25, 0.3) is 0 Å². The third-order valence-electron chi connectivity index (χ3n) is 4.71. The van der Waals surface area contributed by atoms with Crippen molar-refractivity contribution in [3.63, 3.8) is 0 Å². The Bertz CT molecular complexity index is 704. The van der Waals surface area contributed by atoms with E-state index in [2.05, 4.69) is 60.2 Å². The fourth-order valence-electron chi connectivity index (χ4n) is 3.09. The van der Waals surface area contributed by atoms with Crippen molar-refractivity contribution in [2.24, 2.45) is 4.99 Å². The standard InChI is InChI=1S/C19H27N3O2S.C4H6/c1-2-16-15-25-18-6-4-3-5-17(18)19(20-16)22-9-7-21(8-10-22)11-13-24-14-12-23;1-3-4-2/h2-6,23H,7-15H2,1H3;3-4H,1-2H2/b16-2+;. The van der Waals surface area contributed by atoms with Crippen LogP contribution in [0.15, 0.2) is 71.2 Å². The van der Waals surface area contributed by atoms with Crippen LogP contribution in [0.2, 0.25) is 0 Å². The number of benzene rings is 1. The van der Waals surface area contributed by atoms with E-state index >= 15 is 0 Å². The van der Waals surface area contributed by atoms with Gasteiger partial charge >= 0.3 is 0 Å². The van der Waals surface area contributed by atoms with Crippen LogP contribution in [-0.2, 0) is 4.74 Å². The number of aliphatic imine (C=N–C) groups is 1. The van der Waals surface area contributed by atoms with Gasteiger partial charge < -0.3 is 14.7 Å². The zero-order valence-corrected chi connectivity index (χ0v) is 18.2. The summed E-state index contributed by atoms with van der Waals surface area (Å²) in [6.07, 6.45) is 5.40. The number of fused-ring (bicyclic) bond motifs is 1. The van der Waals surface area contributed by atoms with Gasteiger partial charge in [-0.05, 0) is 13.0 Å². The Morgan fingerprint density at radius 1 is 1.14 bits per heavy atom. The topological polar surface area (TPSA) is 48.3 Å². The first-order chi connectivity index (χ1) is 14.2. The van der Waals surface area contributed by atoms with Crippen LogP contribution in [0.5, 0.6) is 0 Å². The molecule has 29 heavy (non-hydrogen) atoms. The number of aliphatic hydroxyl groups is 1. The first-order valence-electron chi connectivity index (χ1n) is 10.1. The molecule has 158 valence electrons. The zero-order valence-electron chi connectivity index (χ0n) is 17.4. The van der Waals surface area contributed by atoms with Gasteiger partial charge in [-0.3, -0.25) is 4.90 Å². The van der Waals surface area contributed by atoms with Crippen molar-refractivity contribution in [2.45, 2.75) is 11.8 Å². The van der Waals surface area contributed by atoms with Crippen molar-refractivity contribution in [3.8, 4) is 0 Å². The van der Waals surface area contributed by atoms with E-state index in [-0.39, 0.29) is 6.61 Å². The molecule has 0 aliphatic carbocycles. The average molecular weight is 416 g/mol. The number of rotatable bonds is 6. The number of allylic oxidation sites excluding steroid dienone is 3. The molecule has 0 spiro atoms. The van der Waals surface area contributed by atoms with E-state index in [4.69, 9.17) is 14.8 Å². The number of hydrogen-bond acceptors (Lipinski definition) is 6. The van der Waals surface area contributed by atoms with Gasteiger partial charge in [0, 0.05) is 54.6 Å². The molecule has 0 unspecified atom stereocenters. The lowest BCUT2D eigenvalue weighted by atomic mass is 10.1. The highest BCUT2D eigenvalue weighted by Gasteiger charge is 2.24. The minimum absolute atomic E-state index is 0.0955. The second kappa shape index (κ2) is 13.4. The number of thioether (sulfide) groups is 1. The maximum absolute atomic E-state index is 8.76. The second-order valence-corrected chi connectivity index (χ2v) is 7.65. The smallest absolute Gasteiger partial charge is 0.137 e. The highest BCUT2D eigenvalue weighted by atomic mass is 32.2. The number of nitrogens with zero attached hydrogens (tertiary/aromatic N) is 3. The fraction of sp³-hybridized carbons (Fsp3) is 0.435. The van der Waals surface area contributed by atoms with Crippen molar-refractivity contribution >= 4 is 17.6 Å². The summed E-state index contributed by atoms with van der Waals surface area (Å²) in [5.41, 5.74) is 2.40. The van der Waals surface area contributed by atoms with Crippen LogP contribution < -0.4 is 0 Å². The van der Waals surface area contributed by atoms with Gasteiger partial charge in [-0.2, -0.15) is 0 Å². The van der Waals surface area contributed by atoms with Gasteiger partial charge in [-0.15, -0.1) is 11.8 Å². The minimum atomic E-state index is 0.0955. The summed E-state index contributed by atoms with van der Waals surface area (Å²) >= 11 is 1.87. The van der Waals surface area contributed by atoms with Crippen molar-refractivity contribution in [3.05, 3.63) is 66.9 Å². The second-order valence-electron chi connectivity index (χ2n) is 6.64. The Hall–Kier alpha value is -1.86. The first kappa shape index (κ1) is 23.4. The molecule has 0 radical (unpaired) electrons. The Morgan fingerprint density at radius 2 is 1.86 bits per heavy atom. The van der Waals surface area contributed by atoms with Gasteiger partial charge in [0.1, 0.15) is 5.84 Å². The molecule has 0 saturated carbocycles. The lowest BCUT2D eigenvalue weighted by Crippen LogP contribution is -2.49. The molecule has 3 rings (SSSR count). The molecule has 1 fully saturated rings. The average Bonchev–Trinajstić information content (AvgIpc) is 2.97. The van der Waals surface area contributed by atoms with Gasteiger partial charge in [0.2, 0.25) is 0 Å². The number of hydrogen-bond donors (Lipinski definition) is 1. The SMILES string of the molecule is C/C=C1\CSc2ccccc2C(N2CCN(CCOCCO)CC2)=N1.C=CC=C. The van der Waals surface area contributed by atoms with Gasteiger partial charge in [0.05, 0.1) is 19.8 Å². The number of aliphatic hydroxyl groups excluding tert-OH is 1. The van der Waals surface area contributed by atoms with E-state index in [1.54, 1.807) is 12.2 Å². The predicted molar refractivity (Wildman–Crippen MR) is 124 cm³/mol. The molecular weight excluding hydrogens is 382 g/mol. The van der Waals surface area contributed by atoms with Crippen LogP contribution >= 0.6 is 11.8 Å². The lowest BCUT2D eigenvalue weighted by molar-refractivity contribution is 0.0652. The van der Waals surface area contributed by atoms with Crippen molar-refractivity contribution < 1.29 is 9.84 Å². The Labute approximate surface area is 179 Å². The monoisotopic (exact) mass is 415 g/mol. The maximum Gasteiger partial charge on any atom is 0.137 e. The molecule has 5 nitrogen and oxygen atoms in total. The summed E-state index contributed by atoms with van der Waals surface area (Å²) < 4.78 is 5.38. The Morgan fingerprint density at radius 3 is 2.52 bits per heavy atom. The van der Waals surface area contributed by atoms with Crippen LogP contribution in [0, 0.1) is 0 Å². The van der Waals surface area contributed by atoms with Gasteiger partial charge in [-0.1, -0.05) is 49.6 Å². The summed E-state index contributed by atoms with van der Waals surface area (Å²) in [5, 5.41) is 8.76. The van der Waals surface area contributed by atoms with Gasteiger partial charge in [-0.25, -0.2) is 4.99 Å². The molecule has 0 atom stereocenters. The van der Waals surface area contributed by atoms with E-state index in [9.17, 15) is 0 Å². The fourth-order valence-corrected chi connectivity index (χ4v) is 4.11. The van der Waals surface area contributed by atoms with Crippen LogP contribution in [0.4, 0.5) is 0 Å². The van der Waals surface area contributed by atoms with E-state index in [0.29, 0.717) is 13.2 Å². The van der Waals surface area contributed by atoms with E-state index < -0.39 is 0 Å². The van der Waals surface area contributed by atoms with E-state index in [0.717, 1.165) is 50.0 Å². The maximum atomic E-state index is 8.76. The van der Waals surface area contributed by atoms with Gasteiger partial charge in [0.15, 0.2) is 0 Å². The molecule has 2 heterocycles. The highest BCUT2D eigenvalue weighted by Crippen LogP contribution is 2.30.